The second-order valence-electron chi connectivity index (χ2n) is 4.05. The molecule has 0 aromatic carbocycles. The summed E-state index contributed by atoms with van der Waals surface area (Å²) in [6, 6.07) is 0. The molecule has 0 aromatic rings. The summed E-state index contributed by atoms with van der Waals surface area (Å²) in [5.41, 5.74) is 0. The molecule has 0 amide bonds. The summed E-state index contributed by atoms with van der Waals surface area (Å²) in [6.07, 6.45) is 5.83. The molecule has 17 heavy (non-hydrogen) atoms. The molecule has 0 aromatic heterocycles. The molecule has 0 N–H and O–H groups in total. The number of hydrogen-bond acceptors (Lipinski definition) is 4. The monoisotopic (exact) mass is 240 g/mol. The van der Waals surface area contributed by atoms with Crippen LogP contribution >= 0.6 is 0 Å². The molecule has 0 heterocycles. The fourth-order valence-electron chi connectivity index (χ4n) is 1.96. The molecule has 0 saturated heterocycles. The van der Waals surface area contributed by atoms with Gasteiger partial charge in [0.15, 0.2) is 0 Å². The van der Waals surface area contributed by atoms with E-state index in [4.69, 9.17) is 9.47 Å². The number of ether oxygens (including phenoxy) is 2. The van der Waals surface area contributed by atoms with Gasteiger partial charge in [-0.15, -0.1) is 0 Å². The Labute approximate surface area is 102 Å². The minimum atomic E-state index is -0.313. The smallest absolute Gasteiger partial charge is 0.312 e. The molecule has 1 rings (SSSR count). The molecule has 0 radical (unpaired) electrons. The predicted octanol–water partition coefficient (Wildman–Crippen LogP) is 2.09. The van der Waals surface area contributed by atoms with Crippen LogP contribution in [0.3, 0.4) is 0 Å². The molecule has 0 aliphatic heterocycles. The molecular formula is C13H20O4. The van der Waals surface area contributed by atoms with Gasteiger partial charge in [-0.3, -0.25) is 9.59 Å². The Morgan fingerprint density at radius 2 is 1.82 bits per heavy atom. The normalized spacial score (nSPS) is 23.9. The molecule has 0 saturated carbocycles. The first-order chi connectivity index (χ1) is 8.19. The molecule has 1 aliphatic rings. The average molecular weight is 240 g/mol. The van der Waals surface area contributed by atoms with Crippen molar-refractivity contribution >= 4 is 11.9 Å². The second kappa shape index (κ2) is 7.09. The van der Waals surface area contributed by atoms with Crippen LogP contribution in [0.5, 0.6) is 0 Å². The summed E-state index contributed by atoms with van der Waals surface area (Å²) in [6.45, 7) is 4.32. The fourth-order valence-corrected chi connectivity index (χ4v) is 1.96. The summed E-state index contributed by atoms with van der Waals surface area (Å²) >= 11 is 0. The lowest BCUT2D eigenvalue weighted by atomic mass is 9.94. The zero-order valence-corrected chi connectivity index (χ0v) is 10.5. The van der Waals surface area contributed by atoms with Gasteiger partial charge in [-0.25, -0.2) is 0 Å². The van der Waals surface area contributed by atoms with Crippen molar-refractivity contribution in [2.45, 2.75) is 33.1 Å². The Morgan fingerprint density at radius 3 is 2.47 bits per heavy atom. The maximum absolute atomic E-state index is 11.7. The van der Waals surface area contributed by atoms with Crippen LogP contribution in [-0.4, -0.2) is 25.2 Å². The van der Waals surface area contributed by atoms with Crippen molar-refractivity contribution in [1.29, 1.82) is 0 Å². The lowest BCUT2D eigenvalue weighted by Crippen LogP contribution is -2.24. The molecule has 4 nitrogen and oxygen atoms in total. The highest BCUT2D eigenvalue weighted by molar-refractivity contribution is 5.77. The number of carbonyl (C=O) groups excluding carboxylic acids is 2. The lowest BCUT2D eigenvalue weighted by molar-refractivity contribution is -0.151. The zero-order valence-electron chi connectivity index (χ0n) is 10.5. The quantitative estimate of drug-likeness (QED) is 0.557. The van der Waals surface area contributed by atoms with E-state index in [1.165, 1.54) is 0 Å². The van der Waals surface area contributed by atoms with Crippen LogP contribution in [0.25, 0.3) is 0 Å². The van der Waals surface area contributed by atoms with Gasteiger partial charge in [-0.1, -0.05) is 12.2 Å². The Kier molecular flexibility index (Phi) is 5.73. The largest absolute Gasteiger partial charge is 0.466 e. The van der Waals surface area contributed by atoms with E-state index in [1.807, 2.05) is 12.2 Å². The zero-order chi connectivity index (χ0) is 12.7. The molecule has 2 unspecified atom stereocenters. The van der Waals surface area contributed by atoms with E-state index in [2.05, 4.69) is 0 Å². The molecule has 0 spiro atoms. The van der Waals surface area contributed by atoms with E-state index in [1.54, 1.807) is 13.8 Å². The van der Waals surface area contributed by atoms with Crippen molar-refractivity contribution in [1.82, 2.24) is 0 Å². The Hall–Kier alpha value is -1.32. The molecule has 2 atom stereocenters. The van der Waals surface area contributed by atoms with Gasteiger partial charge in [0, 0.05) is 0 Å². The maximum atomic E-state index is 11.7. The molecule has 0 bridgehead atoms. The molecule has 4 heteroatoms. The number of carbonyl (C=O) groups is 2. The van der Waals surface area contributed by atoms with E-state index in [0.717, 1.165) is 12.8 Å². The third kappa shape index (κ3) is 4.21. The fraction of sp³-hybridized carbons (Fsp3) is 0.692. The first kappa shape index (κ1) is 13.7. The van der Waals surface area contributed by atoms with E-state index in [-0.39, 0.29) is 23.8 Å². The van der Waals surface area contributed by atoms with Crippen molar-refractivity contribution in [2.24, 2.45) is 11.8 Å². The van der Waals surface area contributed by atoms with E-state index >= 15 is 0 Å². The van der Waals surface area contributed by atoms with Crippen molar-refractivity contribution in [3.05, 3.63) is 12.2 Å². The lowest BCUT2D eigenvalue weighted by Gasteiger charge is -2.16. The Bertz CT molecular complexity index is 296. The molecule has 96 valence electrons. The van der Waals surface area contributed by atoms with Crippen LogP contribution in [0, 0.1) is 11.8 Å². The maximum Gasteiger partial charge on any atom is 0.312 e. The van der Waals surface area contributed by atoms with Crippen LogP contribution in [0.1, 0.15) is 33.1 Å². The highest BCUT2D eigenvalue weighted by Gasteiger charge is 2.28. The van der Waals surface area contributed by atoms with Gasteiger partial charge in [-0.05, 0) is 33.1 Å². The Balaban J connectivity index is 2.60. The summed E-state index contributed by atoms with van der Waals surface area (Å²) in [5.74, 6) is -0.961. The summed E-state index contributed by atoms with van der Waals surface area (Å²) in [5, 5.41) is 0. The topological polar surface area (TPSA) is 52.6 Å². The average Bonchev–Trinajstić information content (AvgIpc) is 2.55. The van der Waals surface area contributed by atoms with E-state index in [0.29, 0.717) is 19.6 Å². The van der Waals surface area contributed by atoms with Gasteiger partial charge in [0.2, 0.25) is 0 Å². The number of hydrogen-bond donors (Lipinski definition) is 0. The summed E-state index contributed by atoms with van der Waals surface area (Å²) in [7, 11) is 0. The molecule has 0 fully saturated rings. The minimum Gasteiger partial charge on any atom is -0.466 e. The summed E-state index contributed by atoms with van der Waals surface area (Å²) in [4.78, 5) is 23.3. The molecule has 1 aliphatic carbocycles. The van der Waals surface area contributed by atoms with Crippen LogP contribution in [0.15, 0.2) is 12.2 Å². The predicted molar refractivity (Wildman–Crippen MR) is 63.2 cm³/mol. The highest BCUT2D eigenvalue weighted by atomic mass is 16.5. The number of esters is 2. The third-order valence-electron chi connectivity index (χ3n) is 2.80. The van der Waals surface area contributed by atoms with Crippen molar-refractivity contribution < 1.29 is 19.1 Å². The van der Waals surface area contributed by atoms with E-state index in [9.17, 15) is 9.59 Å². The van der Waals surface area contributed by atoms with Crippen LogP contribution in [-0.2, 0) is 19.1 Å². The standard InChI is InChI=1S/C13H20O4/c1-3-16-12(14)10-7-5-6-8-11(9-10)13(15)17-4-2/h5,7,10-11H,3-4,6,8-9H2,1-2H3. The van der Waals surface area contributed by atoms with Gasteiger partial charge in [0.05, 0.1) is 25.0 Å². The van der Waals surface area contributed by atoms with E-state index < -0.39 is 0 Å². The first-order valence-corrected chi connectivity index (χ1v) is 6.19. The molecular weight excluding hydrogens is 220 g/mol. The summed E-state index contributed by atoms with van der Waals surface area (Å²) < 4.78 is 9.99. The van der Waals surface area contributed by atoms with Gasteiger partial charge in [-0.2, -0.15) is 0 Å². The van der Waals surface area contributed by atoms with Gasteiger partial charge >= 0.3 is 11.9 Å². The van der Waals surface area contributed by atoms with Crippen LogP contribution in [0.2, 0.25) is 0 Å². The number of rotatable bonds is 4. The van der Waals surface area contributed by atoms with Gasteiger partial charge < -0.3 is 9.47 Å². The van der Waals surface area contributed by atoms with Crippen molar-refractivity contribution in [2.75, 3.05) is 13.2 Å². The third-order valence-corrected chi connectivity index (χ3v) is 2.80. The SMILES string of the molecule is CCOC(=O)C1C=CCCC(C(=O)OCC)C1. The first-order valence-electron chi connectivity index (χ1n) is 6.19. The van der Waals surface area contributed by atoms with Crippen molar-refractivity contribution in [3.8, 4) is 0 Å². The second-order valence-corrected chi connectivity index (χ2v) is 4.05. The van der Waals surface area contributed by atoms with Crippen LogP contribution in [0.4, 0.5) is 0 Å². The van der Waals surface area contributed by atoms with Crippen molar-refractivity contribution in [3.63, 3.8) is 0 Å². The van der Waals surface area contributed by atoms with Crippen LogP contribution < -0.4 is 0 Å². The van der Waals surface area contributed by atoms with Gasteiger partial charge in [0.1, 0.15) is 0 Å². The highest BCUT2D eigenvalue weighted by Crippen LogP contribution is 2.25. The number of allylic oxidation sites excluding steroid dienone is 1. The minimum absolute atomic E-state index is 0.195. The van der Waals surface area contributed by atoms with Gasteiger partial charge in [0.25, 0.3) is 0 Å². The Morgan fingerprint density at radius 1 is 1.18 bits per heavy atom.